The van der Waals surface area contributed by atoms with Crippen molar-refractivity contribution in [2.24, 2.45) is 0 Å². The van der Waals surface area contributed by atoms with Gasteiger partial charge in [0.05, 0.1) is 0 Å². The zero-order valence-corrected chi connectivity index (χ0v) is 9.37. The highest BCUT2D eigenvalue weighted by Gasteiger charge is 2.10. The third kappa shape index (κ3) is 1.84. The number of aromatic nitrogens is 1. The molecule has 0 aliphatic rings. The lowest BCUT2D eigenvalue weighted by Gasteiger charge is -2.03. The molecule has 0 aliphatic heterocycles. The molecule has 0 aliphatic carbocycles. The summed E-state index contributed by atoms with van der Waals surface area (Å²) in [5, 5.41) is 2.90. The molecule has 0 unspecified atom stereocenters. The highest BCUT2D eigenvalue weighted by Crippen LogP contribution is 2.17. The number of rotatable bonds is 3. The second-order valence-electron chi connectivity index (χ2n) is 3.81. The van der Waals surface area contributed by atoms with Gasteiger partial charge in [-0.25, -0.2) is 0 Å². The van der Waals surface area contributed by atoms with Crippen LogP contribution in [0.2, 0.25) is 13.1 Å². The van der Waals surface area contributed by atoms with Gasteiger partial charge in [0.15, 0.2) is 12.3 Å². The van der Waals surface area contributed by atoms with Crippen LogP contribution in [-0.4, -0.2) is 18.7 Å². The molecule has 0 fully saturated rings. The van der Waals surface area contributed by atoms with Crippen molar-refractivity contribution in [3.63, 3.8) is 0 Å². The van der Waals surface area contributed by atoms with E-state index in [1.165, 1.54) is 5.46 Å². The molecule has 0 saturated heterocycles. The highest BCUT2D eigenvalue weighted by molar-refractivity contribution is 6.72. The second kappa shape index (κ2) is 3.97. The number of nitrogens with zero attached hydrogens (tertiary/aromatic N) is 1. The zero-order chi connectivity index (χ0) is 10.8. The van der Waals surface area contributed by atoms with Crippen LogP contribution >= 0.6 is 0 Å². The van der Waals surface area contributed by atoms with Crippen molar-refractivity contribution in [1.29, 1.82) is 0 Å². The number of oxazole rings is 1. The molecule has 78 valence electrons. The van der Waals surface area contributed by atoms with Gasteiger partial charge in [-0.05, 0) is 12.1 Å². The van der Waals surface area contributed by atoms with Gasteiger partial charge in [-0.2, -0.15) is 4.98 Å². The van der Waals surface area contributed by atoms with E-state index in [0.29, 0.717) is 12.7 Å². The number of hydrogen-bond donors (Lipinski definition) is 1. The average molecular weight is 202 g/mol. The van der Waals surface area contributed by atoms with Gasteiger partial charge in [0, 0.05) is 7.05 Å². The lowest BCUT2D eigenvalue weighted by molar-refractivity contribution is 0.620. The quantitative estimate of drug-likeness (QED) is 0.775. The molecule has 0 bridgehead atoms. The van der Waals surface area contributed by atoms with Crippen LogP contribution in [0.1, 0.15) is 6.92 Å². The van der Waals surface area contributed by atoms with Crippen LogP contribution in [0.4, 0.5) is 6.01 Å². The van der Waals surface area contributed by atoms with Gasteiger partial charge in [0.2, 0.25) is 0 Å². The monoisotopic (exact) mass is 202 g/mol. The summed E-state index contributed by atoms with van der Waals surface area (Å²) >= 11 is 0. The maximum Gasteiger partial charge on any atom is 0.295 e. The van der Waals surface area contributed by atoms with Crippen molar-refractivity contribution in [3.05, 3.63) is 18.2 Å². The van der Waals surface area contributed by atoms with E-state index in [2.05, 4.69) is 36.2 Å². The second-order valence-corrected chi connectivity index (χ2v) is 3.81. The van der Waals surface area contributed by atoms with Gasteiger partial charge < -0.3 is 9.73 Å². The van der Waals surface area contributed by atoms with E-state index in [-0.39, 0.29) is 0 Å². The van der Waals surface area contributed by atoms with Gasteiger partial charge in [-0.3, -0.25) is 0 Å². The summed E-state index contributed by atoms with van der Waals surface area (Å²) in [6.45, 7) is 4.99. The SMILES string of the molecule is CCB(C)c1ccc2oc(NC)nc2c1. The standard InChI is InChI=1S/C11H15BN2O/c1-4-12(2)8-5-6-10-9(7-8)14-11(13-3)15-10/h5-7H,4H2,1-3H3,(H,13,14). The van der Waals surface area contributed by atoms with E-state index < -0.39 is 0 Å². The summed E-state index contributed by atoms with van der Waals surface area (Å²) in [7, 11) is 1.81. The minimum atomic E-state index is 0.573. The maximum atomic E-state index is 5.46. The fourth-order valence-corrected chi connectivity index (χ4v) is 1.59. The molecule has 0 radical (unpaired) electrons. The minimum absolute atomic E-state index is 0.573. The summed E-state index contributed by atoms with van der Waals surface area (Å²) < 4.78 is 5.46. The molecule has 4 heteroatoms. The minimum Gasteiger partial charge on any atom is -0.424 e. The van der Waals surface area contributed by atoms with E-state index in [1.807, 2.05) is 6.07 Å². The van der Waals surface area contributed by atoms with Crippen LogP contribution in [0.3, 0.4) is 0 Å². The van der Waals surface area contributed by atoms with E-state index in [1.54, 1.807) is 7.05 Å². The molecule has 3 nitrogen and oxygen atoms in total. The first kappa shape index (κ1) is 10.1. The summed E-state index contributed by atoms with van der Waals surface area (Å²) in [6, 6.07) is 6.78. The topological polar surface area (TPSA) is 38.1 Å². The van der Waals surface area contributed by atoms with Crippen LogP contribution < -0.4 is 10.8 Å². The smallest absolute Gasteiger partial charge is 0.295 e. The van der Waals surface area contributed by atoms with Crippen molar-refractivity contribution < 1.29 is 4.42 Å². The van der Waals surface area contributed by atoms with Crippen LogP contribution in [0.15, 0.2) is 22.6 Å². The Bertz CT molecular complexity index is 467. The zero-order valence-electron chi connectivity index (χ0n) is 9.37. The third-order valence-electron chi connectivity index (χ3n) is 2.81. The van der Waals surface area contributed by atoms with E-state index in [4.69, 9.17) is 4.42 Å². The molecule has 1 aromatic carbocycles. The lowest BCUT2D eigenvalue weighted by Crippen LogP contribution is -2.24. The Morgan fingerprint density at radius 3 is 2.93 bits per heavy atom. The molecular formula is C11H15BN2O. The molecule has 1 heterocycles. The molecule has 1 N–H and O–H groups in total. The van der Waals surface area contributed by atoms with Gasteiger partial charge in [0.25, 0.3) is 6.01 Å². The van der Waals surface area contributed by atoms with Gasteiger partial charge in [-0.15, -0.1) is 0 Å². The Balaban J connectivity index is 2.45. The summed E-state index contributed by atoms with van der Waals surface area (Å²) in [5.74, 6) is 0. The first-order chi connectivity index (χ1) is 7.24. The van der Waals surface area contributed by atoms with Crippen molar-refractivity contribution in [2.45, 2.75) is 20.1 Å². The Hall–Kier alpha value is -1.45. The number of hydrogen-bond acceptors (Lipinski definition) is 3. The first-order valence-electron chi connectivity index (χ1n) is 5.32. The molecule has 0 saturated carbocycles. The largest absolute Gasteiger partial charge is 0.424 e. The molecular weight excluding hydrogens is 187 g/mol. The third-order valence-corrected chi connectivity index (χ3v) is 2.81. The molecule has 15 heavy (non-hydrogen) atoms. The molecule has 0 atom stereocenters. The lowest BCUT2D eigenvalue weighted by atomic mass is 9.45. The predicted molar refractivity (Wildman–Crippen MR) is 65.3 cm³/mol. The molecule has 0 amide bonds. The van der Waals surface area contributed by atoms with Gasteiger partial charge in [0.1, 0.15) is 5.52 Å². The number of anilines is 1. The maximum absolute atomic E-state index is 5.46. The highest BCUT2D eigenvalue weighted by atomic mass is 16.4. The van der Waals surface area contributed by atoms with Crippen LogP contribution in [0.25, 0.3) is 11.1 Å². The Kier molecular flexibility index (Phi) is 2.67. The summed E-state index contributed by atoms with van der Waals surface area (Å²) in [5.41, 5.74) is 3.09. The molecule has 2 aromatic rings. The molecule has 0 spiro atoms. The first-order valence-corrected chi connectivity index (χ1v) is 5.32. The summed E-state index contributed by atoms with van der Waals surface area (Å²) in [6.07, 6.45) is 1.14. The van der Waals surface area contributed by atoms with Crippen molar-refractivity contribution in [2.75, 3.05) is 12.4 Å². The molecule has 2 rings (SSSR count). The normalized spacial score (nSPS) is 10.6. The number of fused-ring (bicyclic) bond motifs is 1. The Morgan fingerprint density at radius 1 is 1.47 bits per heavy atom. The van der Waals surface area contributed by atoms with Gasteiger partial charge in [-0.1, -0.05) is 31.6 Å². The average Bonchev–Trinajstić information content (AvgIpc) is 2.69. The van der Waals surface area contributed by atoms with Crippen LogP contribution in [0.5, 0.6) is 0 Å². The van der Waals surface area contributed by atoms with Crippen LogP contribution in [-0.2, 0) is 0 Å². The fraction of sp³-hybridized carbons (Fsp3) is 0.364. The van der Waals surface area contributed by atoms with Crippen molar-refractivity contribution >= 4 is 29.3 Å². The number of nitrogens with one attached hydrogen (secondary N) is 1. The molecule has 1 aromatic heterocycles. The van der Waals surface area contributed by atoms with E-state index in [0.717, 1.165) is 17.4 Å². The Labute approximate surface area is 90.0 Å². The van der Waals surface area contributed by atoms with Crippen molar-refractivity contribution in [1.82, 2.24) is 4.98 Å². The van der Waals surface area contributed by atoms with Crippen LogP contribution in [0, 0.1) is 0 Å². The number of benzene rings is 1. The van der Waals surface area contributed by atoms with E-state index >= 15 is 0 Å². The van der Waals surface area contributed by atoms with Gasteiger partial charge >= 0.3 is 0 Å². The van der Waals surface area contributed by atoms with E-state index in [9.17, 15) is 0 Å². The predicted octanol–water partition coefficient (Wildman–Crippen LogP) is 2.22. The fourth-order valence-electron chi connectivity index (χ4n) is 1.59. The Morgan fingerprint density at radius 2 is 2.27 bits per heavy atom. The summed E-state index contributed by atoms with van der Waals surface area (Å²) in [4.78, 5) is 4.33. The van der Waals surface area contributed by atoms with Crippen molar-refractivity contribution in [3.8, 4) is 0 Å².